The van der Waals surface area contributed by atoms with Gasteiger partial charge in [0.2, 0.25) is 0 Å². The Bertz CT molecular complexity index is 795. The third kappa shape index (κ3) is 2.31. The summed E-state index contributed by atoms with van der Waals surface area (Å²) in [5.74, 6) is -1.65. The van der Waals surface area contributed by atoms with E-state index in [2.05, 4.69) is 9.82 Å². The molecule has 0 spiro atoms. The summed E-state index contributed by atoms with van der Waals surface area (Å²) in [5, 5.41) is 3.68. The molecule has 1 N–H and O–H groups in total. The van der Waals surface area contributed by atoms with Gasteiger partial charge in [-0.25, -0.2) is 17.2 Å². The highest BCUT2D eigenvalue weighted by atomic mass is 32.2. The van der Waals surface area contributed by atoms with Crippen LogP contribution in [0.4, 0.5) is 8.78 Å². The number of benzene rings is 1. The second-order valence-electron chi connectivity index (χ2n) is 5.07. The minimum absolute atomic E-state index is 0.101. The molecule has 9 heteroatoms. The molecule has 2 heterocycles. The molecule has 0 saturated carbocycles. The SMILES string of the molecule is Cn1nccc1S(=O)(=O)NC1(c2c(F)cccc2F)COC1. The molecule has 6 nitrogen and oxygen atoms in total. The predicted octanol–water partition coefficient (Wildman–Crippen LogP) is 0.902. The van der Waals surface area contributed by atoms with Gasteiger partial charge < -0.3 is 4.74 Å². The first-order valence-electron chi connectivity index (χ1n) is 6.40. The van der Waals surface area contributed by atoms with E-state index in [4.69, 9.17) is 4.74 Å². The van der Waals surface area contributed by atoms with Crippen LogP contribution >= 0.6 is 0 Å². The van der Waals surface area contributed by atoms with Crippen molar-refractivity contribution in [2.24, 2.45) is 7.05 Å². The highest BCUT2D eigenvalue weighted by Gasteiger charge is 2.47. The molecule has 118 valence electrons. The summed E-state index contributed by atoms with van der Waals surface area (Å²) < 4.78 is 61.5. The van der Waals surface area contributed by atoms with Crippen LogP contribution in [0.5, 0.6) is 0 Å². The third-order valence-corrected chi connectivity index (χ3v) is 5.13. The van der Waals surface area contributed by atoms with E-state index in [0.717, 1.165) is 16.8 Å². The summed E-state index contributed by atoms with van der Waals surface area (Å²) >= 11 is 0. The molecule has 1 aromatic carbocycles. The predicted molar refractivity (Wildman–Crippen MR) is 72.4 cm³/mol. The van der Waals surface area contributed by atoms with Crippen LogP contribution in [0.15, 0.2) is 35.5 Å². The topological polar surface area (TPSA) is 73.2 Å². The van der Waals surface area contributed by atoms with Crippen molar-refractivity contribution < 1.29 is 21.9 Å². The first kappa shape index (κ1) is 15.1. The maximum atomic E-state index is 14.0. The Hall–Kier alpha value is -1.84. The summed E-state index contributed by atoms with van der Waals surface area (Å²) in [6, 6.07) is 4.68. The van der Waals surface area contributed by atoms with Crippen LogP contribution in [0.25, 0.3) is 0 Å². The molecular weight excluding hydrogens is 316 g/mol. The van der Waals surface area contributed by atoms with Crippen LogP contribution in [-0.4, -0.2) is 31.4 Å². The van der Waals surface area contributed by atoms with Crippen molar-refractivity contribution >= 4 is 10.0 Å². The van der Waals surface area contributed by atoms with Gasteiger partial charge in [0.05, 0.1) is 19.4 Å². The number of aryl methyl sites for hydroxylation is 1. The van der Waals surface area contributed by atoms with E-state index in [1.54, 1.807) is 0 Å². The van der Waals surface area contributed by atoms with E-state index < -0.39 is 27.2 Å². The van der Waals surface area contributed by atoms with Gasteiger partial charge >= 0.3 is 0 Å². The lowest BCUT2D eigenvalue weighted by Crippen LogP contribution is -2.60. The Morgan fingerprint density at radius 2 is 1.91 bits per heavy atom. The fourth-order valence-corrected chi connectivity index (χ4v) is 3.92. The van der Waals surface area contributed by atoms with Gasteiger partial charge in [0, 0.05) is 12.6 Å². The quantitative estimate of drug-likeness (QED) is 0.905. The molecule has 2 aromatic rings. The summed E-state index contributed by atoms with van der Waals surface area (Å²) in [4.78, 5) is 0. The summed E-state index contributed by atoms with van der Waals surface area (Å²) in [5.41, 5.74) is -1.80. The van der Waals surface area contributed by atoms with E-state index in [0.29, 0.717) is 0 Å². The zero-order chi connectivity index (χ0) is 16.0. The number of halogens is 2. The highest BCUT2D eigenvalue weighted by molar-refractivity contribution is 7.89. The molecule has 0 bridgehead atoms. The Balaban J connectivity index is 2.04. The van der Waals surface area contributed by atoms with Crippen LogP contribution in [0.3, 0.4) is 0 Å². The second-order valence-corrected chi connectivity index (χ2v) is 6.70. The molecule has 0 amide bonds. The van der Waals surface area contributed by atoms with E-state index in [9.17, 15) is 17.2 Å². The molecule has 1 aliphatic rings. The van der Waals surface area contributed by atoms with Crippen LogP contribution in [0.2, 0.25) is 0 Å². The zero-order valence-corrected chi connectivity index (χ0v) is 12.4. The number of hydrogen-bond acceptors (Lipinski definition) is 4. The second kappa shape index (κ2) is 5.11. The lowest BCUT2D eigenvalue weighted by molar-refractivity contribution is -0.0697. The average molecular weight is 329 g/mol. The molecular formula is C13H13F2N3O3S. The molecule has 3 rings (SSSR count). The molecule has 1 aliphatic heterocycles. The molecule has 1 fully saturated rings. The lowest BCUT2D eigenvalue weighted by atomic mass is 9.88. The monoisotopic (exact) mass is 329 g/mol. The maximum Gasteiger partial charge on any atom is 0.258 e. The number of aromatic nitrogens is 2. The van der Waals surface area contributed by atoms with Gasteiger partial charge in [0.15, 0.2) is 5.03 Å². The van der Waals surface area contributed by atoms with Crippen LogP contribution in [-0.2, 0) is 27.3 Å². The Kier molecular flexibility index (Phi) is 3.50. The number of sulfonamides is 1. The number of rotatable bonds is 4. The van der Waals surface area contributed by atoms with Crippen LogP contribution in [0, 0.1) is 11.6 Å². The van der Waals surface area contributed by atoms with Gasteiger partial charge in [-0.3, -0.25) is 4.68 Å². The highest BCUT2D eigenvalue weighted by Crippen LogP contribution is 2.34. The van der Waals surface area contributed by atoms with Gasteiger partial charge in [0.1, 0.15) is 17.2 Å². The first-order valence-corrected chi connectivity index (χ1v) is 7.88. The molecule has 0 radical (unpaired) electrons. The molecule has 0 unspecified atom stereocenters. The van der Waals surface area contributed by atoms with Crippen LogP contribution in [0.1, 0.15) is 5.56 Å². The van der Waals surface area contributed by atoms with Crippen molar-refractivity contribution in [1.82, 2.24) is 14.5 Å². The number of nitrogens with one attached hydrogen (secondary N) is 1. The van der Waals surface area contributed by atoms with Crippen molar-refractivity contribution in [2.75, 3.05) is 13.2 Å². The third-order valence-electron chi connectivity index (χ3n) is 3.52. The molecule has 22 heavy (non-hydrogen) atoms. The lowest BCUT2D eigenvalue weighted by Gasteiger charge is -2.42. The molecule has 0 atom stereocenters. The van der Waals surface area contributed by atoms with E-state index in [1.807, 2.05) is 0 Å². The number of ether oxygens (including phenoxy) is 1. The smallest absolute Gasteiger partial charge is 0.258 e. The normalized spacial score (nSPS) is 17.2. The van der Waals surface area contributed by atoms with Gasteiger partial charge in [-0.15, -0.1) is 0 Å². The molecule has 0 aliphatic carbocycles. The van der Waals surface area contributed by atoms with Crippen molar-refractivity contribution in [3.05, 3.63) is 47.7 Å². The fraction of sp³-hybridized carbons (Fsp3) is 0.308. The average Bonchev–Trinajstić information content (AvgIpc) is 2.82. The van der Waals surface area contributed by atoms with Crippen molar-refractivity contribution in [3.63, 3.8) is 0 Å². The van der Waals surface area contributed by atoms with Crippen molar-refractivity contribution in [2.45, 2.75) is 10.6 Å². The van der Waals surface area contributed by atoms with Gasteiger partial charge in [-0.2, -0.15) is 9.82 Å². The summed E-state index contributed by atoms with van der Waals surface area (Å²) in [7, 11) is -2.55. The number of hydrogen-bond donors (Lipinski definition) is 1. The Morgan fingerprint density at radius 3 is 2.36 bits per heavy atom. The molecule has 1 aromatic heterocycles. The van der Waals surface area contributed by atoms with Gasteiger partial charge in [0.25, 0.3) is 10.0 Å². The van der Waals surface area contributed by atoms with Gasteiger partial charge in [-0.1, -0.05) is 6.07 Å². The Morgan fingerprint density at radius 1 is 1.27 bits per heavy atom. The first-order chi connectivity index (χ1) is 10.4. The zero-order valence-electron chi connectivity index (χ0n) is 11.6. The summed E-state index contributed by atoms with van der Waals surface area (Å²) in [6.45, 7) is -0.302. The molecule has 1 saturated heterocycles. The van der Waals surface area contributed by atoms with Crippen LogP contribution < -0.4 is 4.72 Å². The summed E-state index contributed by atoms with van der Waals surface area (Å²) in [6.07, 6.45) is 1.32. The standard InChI is InChI=1S/C13H13F2N3O3S/c1-18-11(5-6-16-18)22(19,20)17-13(7-21-8-13)12-9(14)3-2-4-10(12)15/h2-6,17H,7-8H2,1H3. The number of nitrogens with zero attached hydrogens (tertiary/aromatic N) is 2. The minimum Gasteiger partial charge on any atom is -0.377 e. The van der Waals surface area contributed by atoms with Crippen molar-refractivity contribution in [3.8, 4) is 0 Å². The van der Waals surface area contributed by atoms with E-state index in [1.165, 1.54) is 25.4 Å². The maximum absolute atomic E-state index is 14.0. The largest absolute Gasteiger partial charge is 0.377 e. The van der Waals surface area contributed by atoms with Gasteiger partial charge in [-0.05, 0) is 18.2 Å². The van der Waals surface area contributed by atoms with E-state index in [-0.39, 0.29) is 23.8 Å². The Labute approximate surface area is 125 Å². The van der Waals surface area contributed by atoms with E-state index >= 15 is 0 Å². The fourth-order valence-electron chi connectivity index (χ4n) is 2.45. The van der Waals surface area contributed by atoms with Crippen molar-refractivity contribution in [1.29, 1.82) is 0 Å². The minimum atomic E-state index is -4.01.